The average molecular weight is 641 g/mol. The Bertz CT molecular complexity index is 1210. The third-order valence-corrected chi connectivity index (χ3v) is 14.5. The number of carbonyl (C=O) groups excluding carboxylic acids is 4. The van der Waals surface area contributed by atoms with E-state index >= 15 is 0 Å². The Balaban J connectivity index is 1.06. The predicted octanol–water partition coefficient (Wildman–Crippen LogP) is 6.34. The second kappa shape index (κ2) is 11.6. The Kier molecular flexibility index (Phi) is 8.20. The van der Waals surface area contributed by atoms with Gasteiger partial charge in [-0.25, -0.2) is 4.79 Å². The summed E-state index contributed by atoms with van der Waals surface area (Å²) in [6.45, 7) is 8.36. The van der Waals surface area contributed by atoms with E-state index in [1.807, 2.05) is 13.8 Å². The van der Waals surface area contributed by atoms with Crippen molar-refractivity contribution in [3.8, 4) is 0 Å². The molecule has 0 amide bonds. The molecule has 6 unspecified atom stereocenters. The summed E-state index contributed by atoms with van der Waals surface area (Å²) in [4.78, 5) is 54.1. The number of ether oxygens (including phenoxy) is 3. The molecule has 0 spiro atoms. The molecule has 1 saturated heterocycles. The fourth-order valence-electron chi connectivity index (χ4n) is 12.3. The molecule has 9 aliphatic rings. The van der Waals surface area contributed by atoms with Crippen LogP contribution < -0.4 is 0 Å². The summed E-state index contributed by atoms with van der Waals surface area (Å²) in [5, 5.41) is 11.2. The number of hydrogen-bond donors (Lipinski definition) is 1. The number of ketones is 1. The Morgan fingerprint density at radius 1 is 0.957 bits per heavy atom. The zero-order valence-corrected chi connectivity index (χ0v) is 28.5. The molecule has 8 bridgehead atoms. The first-order valence-electron chi connectivity index (χ1n) is 18.6. The number of Topliss-reactive ketones (excluding diaryl/α,β-unsaturated/α-hetero) is 1. The van der Waals surface area contributed by atoms with Crippen molar-refractivity contribution in [1.82, 2.24) is 0 Å². The first-order chi connectivity index (χ1) is 21.7. The van der Waals surface area contributed by atoms with Crippen LogP contribution in [0.2, 0.25) is 0 Å². The third-order valence-electron chi connectivity index (χ3n) is 14.5. The molecule has 8 aliphatic carbocycles. The molecule has 1 heterocycles. The number of hydrogen-bond acceptors (Lipinski definition) is 8. The average Bonchev–Trinajstić information content (AvgIpc) is 3.37. The van der Waals surface area contributed by atoms with Gasteiger partial charge in [0.05, 0.1) is 24.0 Å². The molecule has 46 heavy (non-hydrogen) atoms. The predicted molar refractivity (Wildman–Crippen MR) is 169 cm³/mol. The van der Waals surface area contributed by atoms with Crippen molar-refractivity contribution in [3.63, 3.8) is 0 Å². The summed E-state index contributed by atoms with van der Waals surface area (Å²) >= 11 is 0. The van der Waals surface area contributed by atoms with Gasteiger partial charge in [0.1, 0.15) is 11.4 Å². The molecule has 256 valence electrons. The van der Waals surface area contributed by atoms with Crippen LogP contribution in [0.5, 0.6) is 0 Å². The Morgan fingerprint density at radius 3 is 2.11 bits per heavy atom. The van der Waals surface area contributed by atoms with Crippen LogP contribution in [0.1, 0.15) is 130 Å². The smallest absolute Gasteiger partial charge is 0.347 e. The Morgan fingerprint density at radius 2 is 1.57 bits per heavy atom. The molecule has 1 aliphatic heterocycles. The topological polar surface area (TPSA) is 116 Å². The van der Waals surface area contributed by atoms with E-state index < -0.39 is 46.5 Å². The molecule has 1 N–H and O–H groups in total. The molecule has 0 aromatic rings. The highest BCUT2D eigenvalue weighted by Crippen LogP contribution is 2.64. The largest absolute Gasteiger partial charge is 0.463 e. The van der Waals surface area contributed by atoms with Crippen LogP contribution in [0, 0.1) is 58.2 Å². The van der Waals surface area contributed by atoms with Crippen molar-refractivity contribution < 1.29 is 38.5 Å². The van der Waals surface area contributed by atoms with Gasteiger partial charge in [0.2, 0.25) is 6.10 Å². The molecular formula is C38H56O8. The van der Waals surface area contributed by atoms with Crippen molar-refractivity contribution in [2.45, 2.75) is 148 Å². The minimum atomic E-state index is -0.944. The van der Waals surface area contributed by atoms with Gasteiger partial charge < -0.3 is 19.3 Å². The first kappa shape index (κ1) is 32.6. The second-order valence-corrected chi connectivity index (χ2v) is 18.0. The molecule has 8 nitrogen and oxygen atoms in total. The minimum absolute atomic E-state index is 0.00354. The van der Waals surface area contributed by atoms with Crippen LogP contribution in [0.25, 0.3) is 0 Å². The lowest BCUT2D eigenvalue weighted by molar-refractivity contribution is -0.222. The van der Waals surface area contributed by atoms with Gasteiger partial charge in [-0.15, -0.1) is 0 Å². The van der Waals surface area contributed by atoms with E-state index in [2.05, 4.69) is 6.92 Å². The second-order valence-electron chi connectivity index (χ2n) is 18.0. The van der Waals surface area contributed by atoms with Crippen LogP contribution in [-0.4, -0.2) is 52.7 Å². The molecule has 0 aromatic carbocycles. The summed E-state index contributed by atoms with van der Waals surface area (Å²) in [6, 6.07) is 0. The van der Waals surface area contributed by atoms with Crippen LogP contribution in [0.3, 0.4) is 0 Å². The maximum atomic E-state index is 14.4. The summed E-state index contributed by atoms with van der Waals surface area (Å²) in [5.41, 5.74) is -2.13. The highest BCUT2D eigenvalue weighted by molar-refractivity contribution is 5.87. The molecule has 0 aromatic heterocycles. The van der Waals surface area contributed by atoms with Crippen molar-refractivity contribution in [3.05, 3.63) is 0 Å². The fraction of sp³-hybridized carbons (Fsp3) is 0.895. The number of aliphatic hydroxyl groups is 1. The summed E-state index contributed by atoms with van der Waals surface area (Å²) in [5.74, 6) is 1.05. The zero-order chi connectivity index (χ0) is 32.6. The highest BCUT2D eigenvalue weighted by Gasteiger charge is 2.60. The first-order valence-corrected chi connectivity index (χ1v) is 18.6. The van der Waals surface area contributed by atoms with E-state index in [1.165, 1.54) is 32.1 Å². The van der Waals surface area contributed by atoms with Crippen molar-refractivity contribution in [2.24, 2.45) is 58.2 Å². The lowest BCUT2D eigenvalue weighted by Gasteiger charge is -2.60. The van der Waals surface area contributed by atoms with Crippen molar-refractivity contribution in [2.75, 3.05) is 6.61 Å². The van der Waals surface area contributed by atoms with Crippen LogP contribution in [-0.2, 0) is 33.4 Å². The number of esters is 3. The SMILES string of the molecule is CCC(C)(CC(CC(C)C(=O)OC12CC3CC(CC(O)(C3)C1)C2)C(=O)OC1CCOC1=O)C(=O)CC1(C)C2CC3CC(C2)CC1C3. The quantitative estimate of drug-likeness (QED) is 0.194. The lowest BCUT2D eigenvalue weighted by atomic mass is 9.44. The van der Waals surface area contributed by atoms with E-state index in [9.17, 15) is 24.3 Å². The molecule has 0 radical (unpaired) electrons. The number of carbonyl (C=O) groups is 4. The molecular weight excluding hydrogens is 584 g/mol. The van der Waals surface area contributed by atoms with E-state index in [1.54, 1.807) is 6.92 Å². The van der Waals surface area contributed by atoms with E-state index in [-0.39, 0.29) is 36.6 Å². The third kappa shape index (κ3) is 5.85. The van der Waals surface area contributed by atoms with Crippen molar-refractivity contribution in [1.29, 1.82) is 0 Å². The van der Waals surface area contributed by atoms with Gasteiger partial charge in [0.25, 0.3) is 0 Å². The zero-order valence-electron chi connectivity index (χ0n) is 28.5. The van der Waals surface area contributed by atoms with Crippen LogP contribution in [0.4, 0.5) is 0 Å². The Hall–Kier alpha value is -1.96. The lowest BCUT2D eigenvalue weighted by Crippen LogP contribution is -2.60. The molecule has 9 rings (SSSR count). The number of rotatable bonds is 12. The van der Waals surface area contributed by atoms with E-state index in [4.69, 9.17) is 14.2 Å². The minimum Gasteiger partial charge on any atom is -0.463 e. The van der Waals surface area contributed by atoms with Gasteiger partial charge in [-0.05, 0) is 124 Å². The van der Waals surface area contributed by atoms with Gasteiger partial charge in [-0.1, -0.05) is 27.7 Å². The maximum absolute atomic E-state index is 14.4. The van der Waals surface area contributed by atoms with Gasteiger partial charge in [-0.3, -0.25) is 14.4 Å². The fourth-order valence-corrected chi connectivity index (χ4v) is 12.3. The van der Waals surface area contributed by atoms with Gasteiger partial charge in [-0.2, -0.15) is 0 Å². The normalized spacial score (nSPS) is 44.4. The summed E-state index contributed by atoms with van der Waals surface area (Å²) < 4.78 is 17.1. The molecule has 8 saturated carbocycles. The molecule has 9 fully saturated rings. The van der Waals surface area contributed by atoms with Crippen LogP contribution in [0.15, 0.2) is 0 Å². The van der Waals surface area contributed by atoms with Gasteiger partial charge >= 0.3 is 17.9 Å². The molecule has 6 atom stereocenters. The highest BCUT2D eigenvalue weighted by atomic mass is 16.6. The van der Waals surface area contributed by atoms with Crippen molar-refractivity contribution >= 4 is 23.7 Å². The van der Waals surface area contributed by atoms with E-state index in [0.29, 0.717) is 49.4 Å². The van der Waals surface area contributed by atoms with Gasteiger partial charge in [0.15, 0.2) is 0 Å². The standard InChI is InChI=1S/C38H56O8/c1-5-35(3,31(39)20-36(4)28-11-23-9-24(13-28)14-29(36)12-23)19-27(33(41)45-30-6-7-44-34(30)42)8-22(2)32(40)46-38-17-25-10-26(18-38)16-37(43,15-25)21-38/h22-30,43H,5-21H2,1-4H3. The Labute approximate surface area is 274 Å². The summed E-state index contributed by atoms with van der Waals surface area (Å²) in [6.07, 6.45) is 12.0. The maximum Gasteiger partial charge on any atom is 0.347 e. The molecule has 8 heteroatoms. The van der Waals surface area contributed by atoms with Gasteiger partial charge in [0, 0.05) is 24.7 Å². The van der Waals surface area contributed by atoms with Crippen LogP contribution >= 0.6 is 0 Å². The van der Waals surface area contributed by atoms with E-state index in [0.717, 1.165) is 43.9 Å². The number of cyclic esters (lactones) is 1. The summed E-state index contributed by atoms with van der Waals surface area (Å²) in [7, 11) is 0. The monoisotopic (exact) mass is 640 g/mol.